The van der Waals surface area contributed by atoms with Gasteiger partial charge in [-0.15, -0.1) is 5.10 Å². The second kappa shape index (κ2) is 5.74. The highest BCUT2D eigenvalue weighted by atomic mass is 32.2. The molecule has 1 aliphatic heterocycles. The van der Waals surface area contributed by atoms with E-state index in [0.29, 0.717) is 24.3 Å². The summed E-state index contributed by atoms with van der Waals surface area (Å²) in [6.07, 6.45) is 3.30. The Bertz CT molecular complexity index is 826. The summed E-state index contributed by atoms with van der Waals surface area (Å²) in [6, 6.07) is 4.80. The summed E-state index contributed by atoms with van der Waals surface area (Å²) in [7, 11) is -3.54. The van der Waals surface area contributed by atoms with E-state index in [1.165, 1.54) is 17.3 Å². The predicted octanol–water partition coefficient (Wildman–Crippen LogP) is 0.791. The smallest absolute Gasteiger partial charge is 0.243 e. The number of sulfonamides is 1. The van der Waals surface area contributed by atoms with Gasteiger partial charge in [-0.3, -0.25) is 4.79 Å². The lowest BCUT2D eigenvalue weighted by atomic mass is 10.2. The molecule has 122 valence electrons. The maximum Gasteiger partial charge on any atom is 0.243 e. The van der Waals surface area contributed by atoms with Crippen LogP contribution in [0.25, 0.3) is 0 Å². The minimum absolute atomic E-state index is 0.0197. The van der Waals surface area contributed by atoms with Crippen LogP contribution in [-0.2, 0) is 14.8 Å². The van der Waals surface area contributed by atoms with Crippen molar-refractivity contribution in [3.05, 3.63) is 36.2 Å². The zero-order valence-corrected chi connectivity index (χ0v) is 13.6. The van der Waals surface area contributed by atoms with E-state index in [1.807, 2.05) is 0 Å². The number of carbonyl (C=O) groups is 1. The molecule has 8 nitrogen and oxygen atoms in total. The quantitative estimate of drug-likeness (QED) is 0.891. The van der Waals surface area contributed by atoms with Crippen molar-refractivity contribution in [2.45, 2.75) is 24.8 Å². The molecular formula is C14H17N5O3S. The van der Waals surface area contributed by atoms with Crippen LogP contribution in [0.5, 0.6) is 0 Å². The van der Waals surface area contributed by atoms with Crippen molar-refractivity contribution >= 4 is 21.6 Å². The molecule has 23 heavy (non-hydrogen) atoms. The second-order valence-electron chi connectivity index (χ2n) is 5.52. The van der Waals surface area contributed by atoms with Crippen LogP contribution in [0, 0.1) is 6.92 Å². The maximum atomic E-state index is 12.7. The van der Waals surface area contributed by atoms with Crippen LogP contribution in [0.2, 0.25) is 0 Å². The van der Waals surface area contributed by atoms with Gasteiger partial charge in [0, 0.05) is 31.9 Å². The number of aryl methyl sites for hydroxylation is 1. The zero-order valence-electron chi connectivity index (χ0n) is 12.8. The van der Waals surface area contributed by atoms with Crippen molar-refractivity contribution in [2.75, 3.05) is 18.4 Å². The van der Waals surface area contributed by atoms with Crippen LogP contribution in [0.3, 0.4) is 0 Å². The highest BCUT2D eigenvalue weighted by Gasteiger charge is 2.38. The first-order valence-corrected chi connectivity index (χ1v) is 8.56. The summed E-state index contributed by atoms with van der Waals surface area (Å²) in [5.41, 5.74) is 1.18. The van der Waals surface area contributed by atoms with Gasteiger partial charge >= 0.3 is 0 Å². The van der Waals surface area contributed by atoms with Crippen molar-refractivity contribution in [1.82, 2.24) is 19.3 Å². The first-order valence-electron chi connectivity index (χ1n) is 7.12. The first kappa shape index (κ1) is 15.6. The van der Waals surface area contributed by atoms with Crippen molar-refractivity contribution < 1.29 is 13.2 Å². The average Bonchev–Trinajstić information content (AvgIpc) is 2.89. The molecule has 1 aromatic heterocycles. The standard InChI is InChI=1S/C14H17N5O3S/c1-10-7-12(16-11(2)20)3-4-14(10)23(21,22)18-8-13(9-18)19-6-5-15-17-19/h3-7,13H,8-9H2,1-2H3,(H,16,20). The number of nitrogens with one attached hydrogen (secondary N) is 1. The molecule has 2 heterocycles. The number of benzene rings is 1. The maximum absolute atomic E-state index is 12.7. The normalized spacial score (nSPS) is 16.1. The van der Waals surface area contributed by atoms with E-state index in [9.17, 15) is 13.2 Å². The number of carbonyl (C=O) groups excluding carboxylic acids is 1. The molecule has 3 rings (SSSR count). The lowest BCUT2D eigenvalue weighted by molar-refractivity contribution is -0.114. The largest absolute Gasteiger partial charge is 0.326 e. The van der Waals surface area contributed by atoms with E-state index in [4.69, 9.17) is 0 Å². The third-order valence-corrected chi connectivity index (χ3v) is 5.75. The monoisotopic (exact) mass is 335 g/mol. The van der Waals surface area contributed by atoms with E-state index >= 15 is 0 Å². The fourth-order valence-electron chi connectivity index (χ4n) is 2.55. The fraction of sp³-hybridized carbons (Fsp3) is 0.357. The SMILES string of the molecule is CC(=O)Nc1ccc(S(=O)(=O)N2CC(n3ccnn3)C2)c(C)c1. The molecule has 0 aliphatic carbocycles. The van der Waals surface area contributed by atoms with Gasteiger partial charge < -0.3 is 5.32 Å². The van der Waals surface area contributed by atoms with Gasteiger partial charge in [-0.25, -0.2) is 13.1 Å². The van der Waals surface area contributed by atoms with Crippen LogP contribution in [0.1, 0.15) is 18.5 Å². The van der Waals surface area contributed by atoms with Crippen LogP contribution in [-0.4, -0.2) is 46.7 Å². The minimum Gasteiger partial charge on any atom is -0.326 e. The molecule has 1 saturated heterocycles. The Hall–Kier alpha value is -2.26. The molecule has 0 atom stereocenters. The summed E-state index contributed by atoms with van der Waals surface area (Å²) < 4.78 is 28.4. The number of amides is 1. The topological polar surface area (TPSA) is 97.2 Å². The van der Waals surface area contributed by atoms with Crippen LogP contribution in [0.15, 0.2) is 35.5 Å². The molecule has 9 heteroatoms. The van der Waals surface area contributed by atoms with Gasteiger partial charge in [-0.1, -0.05) is 5.21 Å². The summed E-state index contributed by atoms with van der Waals surface area (Å²) >= 11 is 0. The number of aromatic nitrogens is 3. The second-order valence-corrected chi connectivity index (χ2v) is 7.43. The summed E-state index contributed by atoms with van der Waals surface area (Å²) in [6.45, 7) is 3.87. The van der Waals surface area contributed by atoms with Crippen LogP contribution >= 0.6 is 0 Å². The Labute approximate surface area is 134 Å². The van der Waals surface area contributed by atoms with Crippen LogP contribution in [0.4, 0.5) is 5.69 Å². The molecule has 1 amide bonds. The van der Waals surface area contributed by atoms with Gasteiger partial charge in [0.25, 0.3) is 0 Å². The predicted molar refractivity (Wildman–Crippen MR) is 83.3 cm³/mol. The van der Waals surface area contributed by atoms with E-state index < -0.39 is 10.0 Å². The third kappa shape index (κ3) is 2.97. The highest BCUT2D eigenvalue weighted by molar-refractivity contribution is 7.89. The summed E-state index contributed by atoms with van der Waals surface area (Å²) in [5.74, 6) is -0.196. The zero-order chi connectivity index (χ0) is 16.6. The minimum atomic E-state index is -3.54. The fourth-order valence-corrected chi connectivity index (χ4v) is 4.27. The average molecular weight is 335 g/mol. The summed E-state index contributed by atoms with van der Waals surface area (Å²) in [4.78, 5) is 11.3. The van der Waals surface area contributed by atoms with Crippen LogP contribution < -0.4 is 5.32 Å². The number of nitrogens with zero attached hydrogens (tertiary/aromatic N) is 4. The van der Waals surface area contributed by atoms with E-state index in [2.05, 4.69) is 15.6 Å². The van der Waals surface area contributed by atoms with Gasteiger partial charge in [-0.2, -0.15) is 4.31 Å². The van der Waals surface area contributed by atoms with Gasteiger partial charge in [0.1, 0.15) is 0 Å². The van der Waals surface area contributed by atoms with E-state index in [0.717, 1.165) is 0 Å². The highest BCUT2D eigenvalue weighted by Crippen LogP contribution is 2.30. The van der Waals surface area contributed by atoms with E-state index in [-0.39, 0.29) is 16.8 Å². The molecule has 0 spiro atoms. The molecule has 1 N–H and O–H groups in total. The Morgan fingerprint density at radius 1 is 1.35 bits per heavy atom. The number of hydrogen-bond donors (Lipinski definition) is 1. The number of hydrogen-bond acceptors (Lipinski definition) is 5. The Morgan fingerprint density at radius 2 is 2.09 bits per heavy atom. The molecule has 1 aromatic carbocycles. The molecule has 0 radical (unpaired) electrons. The Kier molecular flexibility index (Phi) is 3.90. The van der Waals surface area contributed by atoms with Crippen molar-refractivity contribution in [2.24, 2.45) is 0 Å². The third-order valence-electron chi connectivity index (χ3n) is 3.76. The van der Waals surface area contributed by atoms with E-state index in [1.54, 1.807) is 36.1 Å². The lowest BCUT2D eigenvalue weighted by Gasteiger charge is -2.37. The van der Waals surface area contributed by atoms with Gasteiger partial charge in [-0.05, 0) is 30.7 Å². The Morgan fingerprint density at radius 3 is 2.65 bits per heavy atom. The number of rotatable bonds is 4. The van der Waals surface area contributed by atoms with Crippen molar-refractivity contribution in [3.63, 3.8) is 0 Å². The molecule has 1 fully saturated rings. The van der Waals surface area contributed by atoms with Gasteiger partial charge in [0.2, 0.25) is 15.9 Å². The van der Waals surface area contributed by atoms with Gasteiger partial charge in [0.05, 0.1) is 17.1 Å². The molecular weight excluding hydrogens is 318 g/mol. The van der Waals surface area contributed by atoms with Crippen molar-refractivity contribution in [3.8, 4) is 0 Å². The molecule has 0 unspecified atom stereocenters. The number of anilines is 1. The molecule has 0 bridgehead atoms. The molecule has 2 aromatic rings. The van der Waals surface area contributed by atoms with Gasteiger partial charge in [0.15, 0.2) is 0 Å². The Balaban J connectivity index is 1.77. The molecule has 0 saturated carbocycles. The van der Waals surface area contributed by atoms with Crippen molar-refractivity contribution in [1.29, 1.82) is 0 Å². The first-order chi connectivity index (χ1) is 10.9. The molecule has 1 aliphatic rings. The lowest BCUT2D eigenvalue weighted by Crippen LogP contribution is -2.50. The summed E-state index contributed by atoms with van der Waals surface area (Å²) in [5, 5.41) is 10.3.